The molecule has 2 amide bonds. The molecule has 188 valence electrons. The van der Waals surface area contributed by atoms with Crippen LogP contribution in [0.1, 0.15) is 65.2 Å². The first-order valence-corrected chi connectivity index (χ1v) is 13.1. The van der Waals surface area contributed by atoms with Gasteiger partial charge in [-0.2, -0.15) is 0 Å². The van der Waals surface area contributed by atoms with Gasteiger partial charge in [-0.1, -0.05) is 79.9 Å². The van der Waals surface area contributed by atoms with Gasteiger partial charge in [0, 0.05) is 23.3 Å². The molecule has 0 saturated heterocycles. The number of fused-ring (bicyclic) bond motifs is 1. The second-order valence-electron chi connectivity index (χ2n) is 9.97. The summed E-state index contributed by atoms with van der Waals surface area (Å²) in [6.45, 7) is 4.03. The van der Waals surface area contributed by atoms with Gasteiger partial charge >= 0.3 is 0 Å². The monoisotopic (exact) mass is 491 g/mol. The maximum absolute atomic E-state index is 14.4. The van der Waals surface area contributed by atoms with Crippen LogP contribution < -0.4 is 10.2 Å². The van der Waals surface area contributed by atoms with Crippen LogP contribution in [0, 0.1) is 13.8 Å². The summed E-state index contributed by atoms with van der Waals surface area (Å²) in [6.07, 6.45) is 6.99. The molecule has 1 atom stereocenters. The zero-order valence-electron chi connectivity index (χ0n) is 21.5. The van der Waals surface area contributed by atoms with Crippen LogP contribution in [0.3, 0.4) is 0 Å². The van der Waals surface area contributed by atoms with Crippen LogP contribution in [0.5, 0.6) is 0 Å². The van der Waals surface area contributed by atoms with Crippen LogP contribution in [0.15, 0.2) is 85.1 Å². The molecular weight excluding hydrogens is 458 g/mol. The van der Waals surface area contributed by atoms with Gasteiger partial charge in [0.1, 0.15) is 6.04 Å². The van der Waals surface area contributed by atoms with E-state index in [9.17, 15) is 9.59 Å². The first kappa shape index (κ1) is 24.7. The third-order valence-corrected chi connectivity index (χ3v) is 7.47. The largest absolute Gasteiger partial charge is 0.351 e. The van der Waals surface area contributed by atoms with Crippen LogP contribution in [-0.4, -0.2) is 22.8 Å². The highest BCUT2D eigenvalue weighted by Crippen LogP contribution is 2.34. The Morgan fingerprint density at radius 1 is 0.892 bits per heavy atom. The third-order valence-electron chi connectivity index (χ3n) is 7.47. The molecule has 1 saturated carbocycles. The summed E-state index contributed by atoms with van der Waals surface area (Å²) in [4.78, 5) is 34.6. The Labute approximate surface area is 218 Å². The highest BCUT2D eigenvalue weighted by molar-refractivity contribution is 6.11. The predicted octanol–water partition coefficient (Wildman–Crippen LogP) is 6.69. The number of nitrogens with one attached hydrogen (secondary N) is 1. The summed E-state index contributed by atoms with van der Waals surface area (Å²) < 4.78 is 0. The second kappa shape index (κ2) is 11.0. The molecule has 0 radical (unpaired) electrons. The van der Waals surface area contributed by atoms with E-state index in [0.717, 1.165) is 59.0 Å². The number of carbonyl (C=O) groups is 2. The van der Waals surface area contributed by atoms with Gasteiger partial charge in [0.05, 0.1) is 11.1 Å². The molecule has 1 aliphatic carbocycles. The fourth-order valence-electron chi connectivity index (χ4n) is 5.27. The summed E-state index contributed by atoms with van der Waals surface area (Å²) in [5.41, 5.74) is 4.81. The number of benzene rings is 3. The molecular formula is C32H33N3O2. The zero-order valence-corrected chi connectivity index (χ0v) is 21.5. The molecule has 1 heterocycles. The predicted molar refractivity (Wildman–Crippen MR) is 149 cm³/mol. The molecule has 0 bridgehead atoms. The number of para-hydroxylation sites is 1. The molecule has 1 fully saturated rings. The van der Waals surface area contributed by atoms with E-state index in [-0.39, 0.29) is 17.9 Å². The van der Waals surface area contributed by atoms with Crippen molar-refractivity contribution in [3.05, 3.63) is 107 Å². The second-order valence-corrected chi connectivity index (χ2v) is 9.97. The van der Waals surface area contributed by atoms with Crippen LogP contribution in [-0.2, 0) is 4.79 Å². The van der Waals surface area contributed by atoms with Gasteiger partial charge in [0.15, 0.2) is 0 Å². The van der Waals surface area contributed by atoms with E-state index >= 15 is 0 Å². The van der Waals surface area contributed by atoms with Crippen molar-refractivity contribution in [1.82, 2.24) is 10.3 Å². The number of pyridine rings is 1. The summed E-state index contributed by atoms with van der Waals surface area (Å²) >= 11 is 0. The molecule has 4 aromatic rings. The van der Waals surface area contributed by atoms with Crippen molar-refractivity contribution in [2.45, 2.75) is 58.0 Å². The van der Waals surface area contributed by atoms with Crippen molar-refractivity contribution >= 4 is 28.4 Å². The van der Waals surface area contributed by atoms with E-state index in [1.165, 1.54) is 6.42 Å². The average Bonchev–Trinajstić information content (AvgIpc) is 2.94. The fourth-order valence-corrected chi connectivity index (χ4v) is 5.27. The molecule has 1 N–H and O–H groups in total. The minimum atomic E-state index is -0.817. The Morgan fingerprint density at radius 2 is 1.62 bits per heavy atom. The highest BCUT2D eigenvalue weighted by atomic mass is 16.2. The van der Waals surface area contributed by atoms with Gasteiger partial charge in [0.2, 0.25) is 5.91 Å². The molecule has 37 heavy (non-hydrogen) atoms. The fraction of sp³-hybridized carbons (Fsp3) is 0.281. The number of rotatable bonds is 6. The van der Waals surface area contributed by atoms with E-state index in [1.807, 2.05) is 92.7 Å². The van der Waals surface area contributed by atoms with E-state index in [0.29, 0.717) is 5.56 Å². The number of hydrogen-bond acceptors (Lipinski definition) is 3. The van der Waals surface area contributed by atoms with Gasteiger partial charge in [-0.05, 0) is 61.6 Å². The van der Waals surface area contributed by atoms with Crippen LogP contribution in [0.2, 0.25) is 0 Å². The maximum Gasteiger partial charge on any atom is 0.260 e. The van der Waals surface area contributed by atoms with Crippen molar-refractivity contribution in [2.75, 3.05) is 4.90 Å². The van der Waals surface area contributed by atoms with Crippen molar-refractivity contribution in [1.29, 1.82) is 0 Å². The van der Waals surface area contributed by atoms with Gasteiger partial charge in [-0.15, -0.1) is 0 Å². The lowest BCUT2D eigenvalue weighted by atomic mass is 9.94. The standard InChI is InChI=1S/C32H33N3O2/c1-22-12-11-19-29(23(22)2)35(32(37)26-20-25-15-9-10-18-28(25)33-21-26)30(24-13-5-3-6-14-24)31(36)34-27-16-7-4-8-17-27/h3,5-6,9-15,18-21,27,30H,4,7-8,16-17H2,1-2H3,(H,34,36). The first-order chi connectivity index (χ1) is 18.0. The summed E-state index contributed by atoms with van der Waals surface area (Å²) in [7, 11) is 0. The molecule has 1 unspecified atom stereocenters. The van der Waals surface area contributed by atoms with Crippen LogP contribution in [0.25, 0.3) is 10.9 Å². The number of aromatic nitrogens is 1. The molecule has 5 rings (SSSR count). The Hall–Kier alpha value is -3.99. The van der Waals surface area contributed by atoms with Crippen LogP contribution in [0.4, 0.5) is 5.69 Å². The Bertz CT molecular complexity index is 1410. The number of amides is 2. The van der Waals surface area contributed by atoms with E-state index in [2.05, 4.69) is 10.3 Å². The van der Waals surface area contributed by atoms with Gasteiger partial charge in [-0.25, -0.2) is 0 Å². The maximum atomic E-state index is 14.4. The van der Waals surface area contributed by atoms with Crippen molar-refractivity contribution in [2.24, 2.45) is 0 Å². The molecule has 0 aliphatic heterocycles. The Balaban J connectivity index is 1.64. The van der Waals surface area contributed by atoms with Gasteiger partial charge < -0.3 is 5.32 Å². The minimum absolute atomic E-state index is 0.130. The third kappa shape index (κ3) is 5.26. The average molecular weight is 492 g/mol. The normalized spacial score (nSPS) is 14.8. The molecule has 5 nitrogen and oxygen atoms in total. The molecule has 3 aromatic carbocycles. The van der Waals surface area contributed by atoms with E-state index < -0.39 is 6.04 Å². The summed E-state index contributed by atoms with van der Waals surface area (Å²) in [5, 5.41) is 4.18. The minimum Gasteiger partial charge on any atom is -0.351 e. The van der Waals surface area contributed by atoms with E-state index in [1.54, 1.807) is 11.1 Å². The quantitative estimate of drug-likeness (QED) is 0.327. The van der Waals surface area contributed by atoms with E-state index in [4.69, 9.17) is 0 Å². The van der Waals surface area contributed by atoms with Crippen molar-refractivity contribution in [3.63, 3.8) is 0 Å². The smallest absolute Gasteiger partial charge is 0.260 e. The lowest BCUT2D eigenvalue weighted by Gasteiger charge is -2.34. The molecule has 1 aliphatic rings. The SMILES string of the molecule is Cc1cccc(N(C(=O)c2cnc3ccccc3c2)C(C(=O)NC2CCCCC2)c2ccccc2)c1C. The van der Waals surface area contributed by atoms with Crippen LogP contribution >= 0.6 is 0 Å². The first-order valence-electron chi connectivity index (χ1n) is 13.1. The number of hydrogen-bond donors (Lipinski definition) is 1. The molecule has 0 spiro atoms. The van der Waals surface area contributed by atoms with Crippen molar-refractivity contribution in [3.8, 4) is 0 Å². The summed E-state index contributed by atoms with van der Waals surface area (Å²) in [5.74, 6) is -0.402. The van der Waals surface area contributed by atoms with Gasteiger partial charge in [0.25, 0.3) is 5.91 Å². The summed E-state index contributed by atoms with van der Waals surface area (Å²) in [6, 6.07) is 24.4. The molecule has 5 heteroatoms. The number of aryl methyl sites for hydroxylation is 1. The number of nitrogens with zero attached hydrogens (tertiary/aromatic N) is 2. The topological polar surface area (TPSA) is 62.3 Å². The highest BCUT2D eigenvalue weighted by Gasteiger charge is 2.35. The van der Waals surface area contributed by atoms with Gasteiger partial charge in [-0.3, -0.25) is 19.5 Å². The number of anilines is 1. The Morgan fingerprint density at radius 3 is 2.41 bits per heavy atom. The van der Waals surface area contributed by atoms with Crippen molar-refractivity contribution < 1.29 is 9.59 Å². The lowest BCUT2D eigenvalue weighted by Crippen LogP contribution is -2.47. The Kier molecular flexibility index (Phi) is 7.31. The zero-order chi connectivity index (χ0) is 25.8. The lowest BCUT2D eigenvalue weighted by molar-refractivity contribution is -0.123. The molecule has 1 aromatic heterocycles. The number of carbonyl (C=O) groups excluding carboxylic acids is 2.